The van der Waals surface area contributed by atoms with Crippen LogP contribution in [-0.2, 0) is 9.53 Å². The van der Waals surface area contributed by atoms with E-state index in [1.807, 2.05) is 0 Å². The lowest BCUT2D eigenvalue weighted by Gasteiger charge is -2.34. The number of rotatable bonds is 3. The van der Waals surface area contributed by atoms with Crippen molar-refractivity contribution in [1.82, 2.24) is 9.88 Å². The zero-order valence-corrected chi connectivity index (χ0v) is 14.5. The number of fused-ring (bicyclic) bond motifs is 1. The van der Waals surface area contributed by atoms with Gasteiger partial charge in [0.05, 0.1) is 0 Å². The quantitative estimate of drug-likeness (QED) is 0.867. The Morgan fingerprint density at radius 2 is 1.88 bits per heavy atom. The second-order valence-electron chi connectivity index (χ2n) is 6.91. The van der Waals surface area contributed by atoms with E-state index in [9.17, 15) is 14.4 Å². The van der Waals surface area contributed by atoms with Crippen molar-refractivity contribution in [2.24, 2.45) is 11.8 Å². The van der Waals surface area contributed by atoms with Crippen LogP contribution in [0.15, 0.2) is 35.1 Å². The van der Waals surface area contributed by atoms with Crippen LogP contribution in [0.1, 0.15) is 30.8 Å². The minimum Gasteiger partial charge on any atom is -0.451 e. The topological polar surface area (TPSA) is 79.5 Å². The van der Waals surface area contributed by atoms with E-state index in [2.05, 4.69) is 18.8 Å². The van der Waals surface area contributed by atoms with Gasteiger partial charge >= 0.3 is 5.97 Å². The third-order valence-electron chi connectivity index (χ3n) is 4.51. The average molecular weight is 342 g/mol. The van der Waals surface area contributed by atoms with Gasteiger partial charge in [-0.2, -0.15) is 0 Å². The summed E-state index contributed by atoms with van der Waals surface area (Å²) in [6.07, 6.45) is 1.10. The monoisotopic (exact) mass is 342 g/mol. The molecule has 1 aliphatic heterocycles. The number of H-pyrrole nitrogens is 1. The number of aromatic nitrogens is 1. The van der Waals surface area contributed by atoms with Crippen LogP contribution in [-0.4, -0.2) is 41.5 Å². The highest BCUT2D eigenvalue weighted by molar-refractivity contribution is 5.92. The van der Waals surface area contributed by atoms with Gasteiger partial charge in [0.2, 0.25) is 0 Å². The number of nitrogens with one attached hydrogen (secondary N) is 1. The molecule has 2 aromatic rings. The SMILES string of the molecule is C[C@@H]1C[C@@H](C)CN(C(=O)COC(=O)c2cc(=O)c3ccccc3[nH]2)C1. The Kier molecular flexibility index (Phi) is 4.88. The lowest BCUT2D eigenvalue weighted by Crippen LogP contribution is -2.44. The van der Waals surface area contributed by atoms with E-state index in [1.54, 1.807) is 29.2 Å². The summed E-state index contributed by atoms with van der Waals surface area (Å²) in [5.74, 6) is -0.00955. The summed E-state index contributed by atoms with van der Waals surface area (Å²) in [5, 5.41) is 0.506. The number of hydrogen-bond donors (Lipinski definition) is 1. The number of aromatic amines is 1. The molecule has 0 spiro atoms. The maximum atomic E-state index is 12.3. The number of esters is 1. The molecule has 0 radical (unpaired) electrons. The summed E-state index contributed by atoms with van der Waals surface area (Å²) in [5.41, 5.74) is 0.357. The number of para-hydroxylation sites is 1. The van der Waals surface area contributed by atoms with E-state index in [0.717, 1.165) is 6.42 Å². The second kappa shape index (κ2) is 7.09. The molecule has 25 heavy (non-hydrogen) atoms. The summed E-state index contributed by atoms with van der Waals surface area (Å²) < 4.78 is 5.12. The number of carbonyl (C=O) groups excluding carboxylic acids is 2. The first kappa shape index (κ1) is 17.2. The van der Waals surface area contributed by atoms with Crippen molar-refractivity contribution in [2.75, 3.05) is 19.7 Å². The molecule has 1 saturated heterocycles. The lowest BCUT2D eigenvalue weighted by molar-refractivity contribution is -0.137. The molecule has 0 saturated carbocycles. The third-order valence-corrected chi connectivity index (χ3v) is 4.51. The fraction of sp³-hybridized carbons (Fsp3) is 0.421. The van der Waals surface area contributed by atoms with E-state index in [0.29, 0.717) is 35.8 Å². The smallest absolute Gasteiger partial charge is 0.355 e. The van der Waals surface area contributed by atoms with Gasteiger partial charge in [-0.05, 0) is 30.4 Å². The van der Waals surface area contributed by atoms with Gasteiger partial charge < -0.3 is 14.6 Å². The summed E-state index contributed by atoms with van der Waals surface area (Å²) in [6, 6.07) is 8.14. The molecule has 3 rings (SSSR count). The Labute approximate surface area is 145 Å². The van der Waals surface area contributed by atoms with E-state index in [4.69, 9.17) is 4.74 Å². The Balaban J connectivity index is 1.66. The van der Waals surface area contributed by atoms with Crippen LogP contribution >= 0.6 is 0 Å². The molecule has 1 aromatic heterocycles. The lowest BCUT2D eigenvalue weighted by atomic mass is 9.92. The number of benzene rings is 1. The summed E-state index contributed by atoms with van der Waals surface area (Å²) >= 11 is 0. The first-order valence-electron chi connectivity index (χ1n) is 8.51. The summed E-state index contributed by atoms with van der Waals surface area (Å²) in [4.78, 5) is 41.2. The van der Waals surface area contributed by atoms with Crippen LogP contribution in [0, 0.1) is 11.8 Å². The molecule has 2 atom stereocenters. The third kappa shape index (κ3) is 3.90. The van der Waals surface area contributed by atoms with Crippen molar-refractivity contribution in [2.45, 2.75) is 20.3 Å². The van der Waals surface area contributed by atoms with Crippen LogP contribution in [0.4, 0.5) is 0 Å². The van der Waals surface area contributed by atoms with Crippen LogP contribution in [0.3, 0.4) is 0 Å². The predicted molar refractivity (Wildman–Crippen MR) is 94.4 cm³/mol. The molecule has 6 heteroatoms. The average Bonchev–Trinajstić information content (AvgIpc) is 2.58. The van der Waals surface area contributed by atoms with Crippen molar-refractivity contribution in [3.05, 3.63) is 46.2 Å². The van der Waals surface area contributed by atoms with Gasteiger partial charge in [0.1, 0.15) is 5.69 Å². The molecular weight excluding hydrogens is 320 g/mol. The first-order valence-corrected chi connectivity index (χ1v) is 8.51. The molecule has 0 unspecified atom stereocenters. The number of pyridine rings is 1. The highest BCUT2D eigenvalue weighted by Gasteiger charge is 2.26. The van der Waals surface area contributed by atoms with Gasteiger partial charge in [-0.25, -0.2) is 4.79 Å². The molecule has 1 aromatic carbocycles. The Hall–Kier alpha value is -2.63. The summed E-state index contributed by atoms with van der Waals surface area (Å²) in [6.45, 7) is 5.29. The Bertz CT molecular complexity index is 848. The fourth-order valence-electron chi connectivity index (χ4n) is 3.47. The number of ether oxygens (including phenoxy) is 1. The fourth-order valence-corrected chi connectivity index (χ4v) is 3.47. The van der Waals surface area contributed by atoms with Crippen molar-refractivity contribution in [1.29, 1.82) is 0 Å². The van der Waals surface area contributed by atoms with Gasteiger partial charge in [-0.1, -0.05) is 26.0 Å². The van der Waals surface area contributed by atoms with Gasteiger partial charge in [0.15, 0.2) is 12.0 Å². The minimum atomic E-state index is -0.700. The zero-order valence-electron chi connectivity index (χ0n) is 14.5. The molecule has 132 valence electrons. The van der Waals surface area contributed by atoms with E-state index in [1.165, 1.54) is 6.07 Å². The molecule has 6 nitrogen and oxygen atoms in total. The van der Waals surface area contributed by atoms with Crippen molar-refractivity contribution >= 4 is 22.8 Å². The first-order chi connectivity index (χ1) is 11.9. The minimum absolute atomic E-state index is 0.0527. The normalized spacial score (nSPS) is 20.5. The number of amides is 1. The van der Waals surface area contributed by atoms with E-state index in [-0.39, 0.29) is 23.6 Å². The van der Waals surface area contributed by atoms with Crippen molar-refractivity contribution < 1.29 is 14.3 Å². The van der Waals surface area contributed by atoms with Crippen LogP contribution < -0.4 is 5.43 Å². The predicted octanol–water partition coefficient (Wildman–Crippen LogP) is 2.19. The molecule has 0 aliphatic carbocycles. The maximum absolute atomic E-state index is 12.3. The number of hydrogen-bond acceptors (Lipinski definition) is 4. The standard InChI is InChI=1S/C19H22N2O4/c1-12-7-13(2)10-21(9-12)18(23)11-25-19(24)16-8-17(22)14-5-3-4-6-15(14)20-16/h3-6,8,12-13H,7,9-11H2,1-2H3,(H,20,22)/t12-,13-/m1/s1. The van der Waals surface area contributed by atoms with Crippen LogP contribution in [0.25, 0.3) is 10.9 Å². The van der Waals surface area contributed by atoms with Gasteiger partial charge in [0.25, 0.3) is 5.91 Å². The number of likely N-dealkylation sites (tertiary alicyclic amines) is 1. The molecule has 1 aliphatic rings. The van der Waals surface area contributed by atoms with Gasteiger partial charge in [-0.3, -0.25) is 9.59 Å². The van der Waals surface area contributed by atoms with E-state index < -0.39 is 5.97 Å². The van der Waals surface area contributed by atoms with Crippen molar-refractivity contribution in [3.63, 3.8) is 0 Å². The zero-order chi connectivity index (χ0) is 18.0. The van der Waals surface area contributed by atoms with Gasteiger partial charge in [-0.15, -0.1) is 0 Å². The highest BCUT2D eigenvalue weighted by atomic mass is 16.5. The maximum Gasteiger partial charge on any atom is 0.355 e. The second-order valence-corrected chi connectivity index (χ2v) is 6.91. The van der Waals surface area contributed by atoms with Crippen LogP contribution in [0.2, 0.25) is 0 Å². The Morgan fingerprint density at radius 1 is 1.20 bits per heavy atom. The molecule has 2 heterocycles. The number of nitrogens with zero attached hydrogens (tertiary/aromatic N) is 1. The summed E-state index contributed by atoms with van der Waals surface area (Å²) in [7, 11) is 0. The number of carbonyl (C=O) groups is 2. The van der Waals surface area contributed by atoms with Crippen LogP contribution in [0.5, 0.6) is 0 Å². The molecule has 1 N–H and O–H groups in total. The molecule has 1 amide bonds. The molecule has 1 fully saturated rings. The van der Waals surface area contributed by atoms with E-state index >= 15 is 0 Å². The molecular formula is C19H22N2O4. The van der Waals surface area contributed by atoms with Gasteiger partial charge in [0, 0.05) is 30.1 Å². The largest absolute Gasteiger partial charge is 0.451 e. The number of piperidine rings is 1. The Morgan fingerprint density at radius 3 is 2.60 bits per heavy atom. The highest BCUT2D eigenvalue weighted by Crippen LogP contribution is 2.21. The van der Waals surface area contributed by atoms with Crippen molar-refractivity contribution in [3.8, 4) is 0 Å². The molecule has 0 bridgehead atoms.